The fourth-order valence-corrected chi connectivity index (χ4v) is 4.87. The first-order valence-corrected chi connectivity index (χ1v) is 11.4. The number of halogens is 3. The van der Waals surface area contributed by atoms with Gasteiger partial charge in [0.05, 0.1) is 8.95 Å². The lowest BCUT2D eigenvalue weighted by Gasteiger charge is -2.12. The van der Waals surface area contributed by atoms with Crippen LogP contribution in [0.15, 0.2) is 68.3 Å². The van der Waals surface area contributed by atoms with Crippen molar-refractivity contribution in [1.82, 2.24) is 5.16 Å². The molecular formula is C23H14Br2ClNO5. The van der Waals surface area contributed by atoms with E-state index in [0.717, 1.165) is 11.1 Å². The lowest BCUT2D eigenvalue weighted by Crippen LogP contribution is -2.10. The molecule has 162 valence electrons. The van der Waals surface area contributed by atoms with Crippen molar-refractivity contribution in [3.05, 3.63) is 80.4 Å². The minimum atomic E-state index is -1.08. The van der Waals surface area contributed by atoms with Crippen molar-refractivity contribution in [2.45, 2.75) is 5.88 Å². The number of benzene rings is 2. The van der Waals surface area contributed by atoms with E-state index in [-0.39, 0.29) is 5.78 Å². The number of hydrogen-bond donors (Lipinski definition) is 1. The Balaban J connectivity index is 1.69. The highest BCUT2D eigenvalue weighted by molar-refractivity contribution is 9.11. The Morgan fingerprint density at radius 2 is 1.72 bits per heavy atom. The molecule has 0 saturated heterocycles. The summed E-state index contributed by atoms with van der Waals surface area (Å²) in [7, 11) is 0. The summed E-state index contributed by atoms with van der Waals surface area (Å²) in [6.07, 6.45) is 1.45. The summed E-state index contributed by atoms with van der Waals surface area (Å²) < 4.78 is 11.7. The maximum atomic E-state index is 13.1. The molecule has 32 heavy (non-hydrogen) atoms. The highest BCUT2D eigenvalue weighted by atomic mass is 79.9. The molecule has 2 aliphatic rings. The summed E-state index contributed by atoms with van der Waals surface area (Å²) in [6.45, 7) is -0.472. The fraction of sp³-hybridized carbons (Fsp3) is 0.0870. The maximum absolute atomic E-state index is 13.1. The number of carboxylic acid groups (broad SMARTS) is 1. The van der Waals surface area contributed by atoms with Crippen LogP contribution >= 0.6 is 43.5 Å². The van der Waals surface area contributed by atoms with E-state index < -0.39 is 12.6 Å². The molecular weight excluding hydrogens is 566 g/mol. The van der Waals surface area contributed by atoms with Crippen molar-refractivity contribution in [2.75, 3.05) is 6.61 Å². The van der Waals surface area contributed by atoms with Crippen LogP contribution in [0, 0.1) is 0 Å². The van der Waals surface area contributed by atoms with Crippen LogP contribution in [0.2, 0.25) is 0 Å². The molecule has 2 aromatic rings. The summed E-state index contributed by atoms with van der Waals surface area (Å²) in [6, 6.07) is 14.2. The molecule has 9 heteroatoms. The second-order valence-corrected chi connectivity index (χ2v) is 8.82. The molecule has 0 fully saturated rings. The third-order valence-corrected chi connectivity index (χ3v) is 6.28. The lowest BCUT2D eigenvalue weighted by molar-refractivity contribution is -0.139. The number of fused-ring (bicyclic) bond motifs is 1. The van der Waals surface area contributed by atoms with Crippen molar-refractivity contribution in [3.8, 4) is 28.1 Å². The molecule has 2 aromatic carbocycles. The highest BCUT2D eigenvalue weighted by Gasteiger charge is 2.23. The molecule has 0 spiro atoms. The van der Waals surface area contributed by atoms with Gasteiger partial charge < -0.3 is 14.4 Å². The highest BCUT2D eigenvalue weighted by Crippen LogP contribution is 2.41. The number of carbonyl (C=O) groups is 2. The van der Waals surface area contributed by atoms with Crippen molar-refractivity contribution >= 4 is 55.2 Å². The van der Waals surface area contributed by atoms with Crippen molar-refractivity contribution < 1.29 is 24.0 Å². The smallest absolute Gasteiger partial charge is 0.341 e. The van der Waals surface area contributed by atoms with Gasteiger partial charge >= 0.3 is 5.97 Å². The van der Waals surface area contributed by atoms with Crippen molar-refractivity contribution in [1.29, 1.82) is 0 Å². The van der Waals surface area contributed by atoms with Gasteiger partial charge in [-0.25, -0.2) is 4.79 Å². The molecule has 1 heterocycles. The first-order valence-electron chi connectivity index (χ1n) is 9.29. The summed E-state index contributed by atoms with van der Waals surface area (Å²) in [5, 5.41) is 13.0. The molecule has 0 radical (unpaired) electrons. The van der Waals surface area contributed by atoms with Gasteiger partial charge in [0.15, 0.2) is 12.4 Å². The Morgan fingerprint density at radius 3 is 2.34 bits per heavy atom. The zero-order valence-corrected chi connectivity index (χ0v) is 20.2. The van der Waals surface area contributed by atoms with Gasteiger partial charge in [-0.15, -0.1) is 11.6 Å². The summed E-state index contributed by atoms with van der Waals surface area (Å²) in [4.78, 5) is 23.9. The number of ether oxygens (including phenoxy) is 1. The molecule has 0 aromatic heterocycles. The number of aromatic nitrogens is 1. The van der Waals surface area contributed by atoms with Gasteiger partial charge in [0.25, 0.3) is 0 Å². The third-order valence-electron chi connectivity index (χ3n) is 4.79. The van der Waals surface area contributed by atoms with Crippen LogP contribution in [0.1, 0.15) is 21.5 Å². The standard InChI is InChI=1S/C23H14Br2ClNO5/c24-18-7-14(8-19(25)23(18)31-11-20(28)29)21-15-5-6-16(17(15)10-32-27-21)22(30)13-3-1-12(9-26)2-4-13/h1-8,10H,9,11H2,(H,28,29). The largest absolute Gasteiger partial charge is 0.480 e. The van der Waals surface area contributed by atoms with E-state index in [2.05, 4.69) is 37.0 Å². The zero-order valence-electron chi connectivity index (χ0n) is 16.3. The minimum absolute atomic E-state index is 0.131. The predicted octanol–water partition coefficient (Wildman–Crippen LogP) is 6.40. The van der Waals surface area contributed by atoms with Crippen molar-refractivity contribution in [3.63, 3.8) is 0 Å². The van der Waals surface area contributed by atoms with Gasteiger partial charge in [0.2, 0.25) is 0 Å². The molecule has 1 N–H and O–H groups in total. The predicted molar refractivity (Wildman–Crippen MR) is 127 cm³/mol. The van der Waals surface area contributed by atoms with Gasteiger partial charge in [-0.1, -0.05) is 35.5 Å². The van der Waals surface area contributed by atoms with Crippen molar-refractivity contribution in [2.24, 2.45) is 0 Å². The number of carboxylic acids is 1. The molecule has 0 unspecified atom stereocenters. The quantitative estimate of drug-likeness (QED) is 0.201. The average Bonchev–Trinajstić information content (AvgIpc) is 3.22. The Labute approximate surface area is 204 Å². The summed E-state index contributed by atoms with van der Waals surface area (Å²) >= 11 is 12.7. The van der Waals surface area contributed by atoms with E-state index in [1.54, 1.807) is 30.3 Å². The van der Waals surface area contributed by atoms with E-state index in [1.165, 1.54) is 6.26 Å². The number of hydrogen-bond acceptors (Lipinski definition) is 5. The van der Waals surface area contributed by atoms with Gasteiger partial charge in [-0.05, 0) is 55.6 Å². The molecule has 1 aliphatic carbocycles. The van der Waals surface area contributed by atoms with Crippen LogP contribution in [0.5, 0.6) is 5.75 Å². The minimum Gasteiger partial charge on any atom is -0.480 e. The van der Waals surface area contributed by atoms with Crippen LogP contribution in [0.4, 0.5) is 0 Å². The number of carbonyl (C=O) groups excluding carboxylic acids is 1. The van der Waals surface area contributed by atoms with E-state index in [1.807, 2.05) is 18.2 Å². The zero-order chi connectivity index (χ0) is 22.8. The topological polar surface area (TPSA) is 89.6 Å². The van der Waals surface area contributed by atoms with Crippen LogP contribution < -0.4 is 4.74 Å². The van der Waals surface area contributed by atoms with Crippen LogP contribution in [0.3, 0.4) is 0 Å². The number of aliphatic carboxylic acids is 1. The van der Waals surface area contributed by atoms with Gasteiger partial charge in [0, 0.05) is 33.7 Å². The molecule has 0 atom stereocenters. The number of rotatable bonds is 7. The van der Waals surface area contributed by atoms with E-state index in [4.69, 9.17) is 26.0 Å². The van der Waals surface area contributed by atoms with Gasteiger partial charge in [0.1, 0.15) is 17.7 Å². The molecule has 1 aliphatic heterocycles. The Morgan fingerprint density at radius 1 is 1.03 bits per heavy atom. The van der Waals surface area contributed by atoms with E-state index in [0.29, 0.717) is 48.5 Å². The lowest BCUT2D eigenvalue weighted by atomic mass is 9.98. The van der Waals surface area contributed by atoms with Crippen LogP contribution in [-0.2, 0) is 10.7 Å². The Hall–Kier alpha value is -2.68. The second kappa shape index (κ2) is 9.44. The normalized spacial score (nSPS) is 11.0. The van der Waals surface area contributed by atoms with Crippen LogP contribution in [-0.4, -0.2) is 28.6 Å². The Kier molecular flexibility index (Phi) is 6.64. The van der Waals surface area contributed by atoms with Crippen LogP contribution in [0.25, 0.3) is 22.4 Å². The maximum Gasteiger partial charge on any atom is 0.341 e. The molecule has 6 nitrogen and oxygen atoms in total. The monoisotopic (exact) mass is 577 g/mol. The SMILES string of the molecule is O=C(O)COc1c(Br)cc(-c2nocc3c(C(=O)c4ccc(CCl)cc4)ccc2-3)cc1Br. The first kappa shape index (κ1) is 22.5. The first-order chi connectivity index (χ1) is 15.4. The number of ketones is 1. The molecule has 0 saturated carbocycles. The summed E-state index contributed by atoms with van der Waals surface area (Å²) in [5.41, 5.74) is 4.60. The fourth-order valence-electron chi connectivity index (χ4n) is 3.28. The average molecular weight is 580 g/mol. The molecule has 4 rings (SSSR count). The summed E-state index contributed by atoms with van der Waals surface area (Å²) in [5.74, 6) is -0.468. The van der Waals surface area contributed by atoms with Gasteiger partial charge in [-0.3, -0.25) is 4.79 Å². The molecule has 0 amide bonds. The molecule has 0 bridgehead atoms. The number of alkyl halides is 1. The second-order valence-electron chi connectivity index (χ2n) is 6.85. The van der Waals surface area contributed by atoms with Gasteiger partial charge in [-0.2, -0.15) is 0 Å². The van der Waals surface area contributed by atoms with E-state index >= 15 is 0 Å². The number of nitrogens with zero attached hydrogens (tertiary/aromatic N) is 1. The third kappa shape index (κ3) is 4.44. The van der Waals surface area contributed by atoms with E-state index in [9.17, 15) is 9.59 Å². The Bertz CT molecular complexity index is 1260.